The maximum Gasteiger partial charge on any atom is 0.225 e. The summed E-state index contributed by atoms with van der Waals surface area (Å²) >= 11 is 3.40. The molecule has 0 saturated carbocycles. The standard InChI is InChI=1S/C15H19BrN6/c16-11-9-17-15(18-10-11)21-8-4-5-12(21)14-20-19-13-6-2-1-3-7-22(13)14/h9-10,12H,1-8H2. The summed E-state index contributed by atoms with van der Waals surface area (Å²) in [7, 11) is 0. The van der Waals surface area contributed by atoms with Crippen molar-refractivity contribution in [1.29, 1.82) is 0 Å². The lowest BCUT2D eigenvalue weighted by atomic mass is 10.2. The molecule has 116 valence electrons. The van der Waals surface area contributed by atoms with Crippen LogP contribution < -0.4 is 4.90 Å². The molecule has 0 spiro atoms. The molecule has 1 unspecified atom stereocenters. The second-order valence-corrected chi connectivity index (χ2v) is 6.91. The molecular weight excluding hydrogens is 344 g/mol. The van der Waals surface area contributed by atoms with Crippen LogP contribution in [0.5, 0.6) is 0 Å². The van der Waals surface area contributed by atoms with Crippen LogP contribution in [0.4, 0.5) is 5.95 Å². The summed E-state index contributed by atoms with van der Waals surface area (Å²) in [4.78, 5) is 11.2. The highest BCUT2D eigenvalue weighted by Gasteiger charge is 2.32. The van der Waals surface area contributed by atoms with E-state index in [-0.39, 0.29) is 6.04 Å². The Bertz CT molecular complexity index is 653. The molecule has 1 fully saturated rings. The first-order valence-corrected chi connectivity index (χ1v) is 8.78. The molecule has 2 aromatic rings. The van der Waals surface area contributed by atoms with E-state index >= 15 is 0 Å². The summed E-state index contributed by atoms with van der Waals surface area (Å²) in [6.07, 6.45) is 10.6. The van der Waals surface area contributed by atoms with Crippen LogP contribution in [-0.4, -0.2) is 31.3 Å². The molecule has 2 aliphatic rings. The van der Waals surface area contributed by atoms with Gasteiger partial charge in [-0.3, -0.25) is 0 Å². The van der Waals surface area contributed by atoms with Gasteiger partial charge in [0.25, 0.3) is 0 Å². The van der Waals surface area contributed by atoms with Crippen LogP contribution in [0.15, 0.2) is 16.9 Å². The van der Waals surface area contributed by atoms with Gasteiger partial charge in [-0.05, 0) is 41.6 Å². The summed E-state index contributed by atoms with van der Waals surface area (Å²) in [6.45, 7) is 2.03. The summed E-state index contributed by atoms with van der Waals surface area (Å²) < 4.78 is 3.25. The molecule has 2 aliphatic heterocycles. The van der Waals surface area contributed by atoms with Gasteiger partial charge in [0.15, 0.2) is 5.82 Å². The van der Waals surface area contributed by atoms with Crippen molar-refractivity contribution in [3.05, 3.63) is 28.5 Å². The van der Waals surface area contributed by atoms with Gasteiger partial charge < -0.3 is 9.47 Å². The normalized spacial score (nSPS) is 21.7. The highest BCUT2D eigenvalue weighted by molar-refractivity contribution is 9.10. The lowest BCUT2D eigenvalue weighted by molar-refractivity contribution is 0.556. The van der Waals surface area contributed by atoms with Crippen molar-refractivity contribution in [2.24, 2.45) is 0 Å². The SMILES string of the molecule is Brc1cnc(N2CCCC2c2nnc3n2CCCCC3)nc1. The van der Waals surface area contributed by atoms with Gasteiger partial charge in [-0.2, -0.15) is 0 Å². The lowest BCUT2D eigenvalue weighted by Gasteiger charge is -2.24. The molecule has 0 amide bonds. The third kappa shape index (κ3) is 2.51. The zero-order chi connectivity index (χ0) is 14.9. The third-order valence-electron chi connectivity index (χ3n) is 4.55. The number of nitrogens with zero attached hydrogens (tertiary/aromatic N) is 6. The Labute approximate surface area is 138 Å². The molecular formula is C15H19BrN6. The van der Waals surface area contributed by atoms with Crippen LogP contribution in [0.25, 0.3) is 0 Å². The molecule has 1 atom stereocenters. The molecule has 0 N–H and O–H groups in total. The maximum absolute atomic E-state index is 4.52. The first-order chi connectivity index (χ1) is 10.8. The second kappa shape index (κ2) is 5.95. The molecule has 2 aromatic heterocycles. The first-order valence-electron chi connectivity index (χ1n) is 7.99. The molecule has 7 heteroatoms. The van der Waals surface area contributed by atoms with Crippen LogP contribution in [0, 0.1) is 0 Å². The second-order valence-electron chi connectivity index (χ2n) is 5.99. The quantitative estimate of drug-likeness (QED) is 0.821. The van der Waals surface area contributed by atoms with Crippen LogP contribution in [0.1, 0.15) is 49.8 Å². The molecule has 0 aliphatic carbocycles. The Hall–Kier alpha value is -1.50. The number of rotatable bonds is 2. The largest absolute Gasteiger partial charge is 0.331 e. The summed E-state index contributed by atoms with van der Waals surface area (Å²) in [5, 5.41) is 8.96. The molecule has 0 bridgehead atoms. The lowest BCUT2D eigenvalue weighted by Crippen LogP contribution is -2.27. The fourth-order valence-corrected chi connectivity index (χ4v) is 3.69. The monoisotopic (exact) mass is 362 g/mol. The number of hydrogen-bond acceptors (Lipinski definition) is 5. The third-order valence-corrected chi connectivity index (χ3v) is 4.96. The maximum atomic E-state index is 4.52. The summed E-state index contributed by atoms with van der Waals surface area (Å²) in [5.74, 6) is 3.04. The van der Waals surface area contributed by atoms with E-state index in [1.54, 1.807) is 0 Å². The molecule has 1 saturated heterocycles. The minimum absolute atomic E-state index is 0.250. The van der Waals surface area contributed by atoms with Crippen molar-refractivity contribution >= 4 is 21.9 Å². The molecule has 4 heterocycles. The van der Waals surface area contributed by atoms with Crippen LogP contribution >= 0.6 is 15.9 Å². The number of aryl methyl sites for hydroxylation is 1. The van der Waals surface area contributed by atoms with Gasteiger partial charge >= 0.3 is 0 Å². The minimum atomic E-state index is 0.250. The minimum Gasteiger partial charge on any atom is -0.331 e. The zero-order valence-corrected chi connectivity index (χ0v) is 14.0. The Morgan fingerprint density at radius 1 is 1.00 bits per heavy atom. The number of hydrogen-bond donors (Lipinski definition) is 0. The van der Waals surface area contributed by atoms with E-state index < -0.39 is 0 Å². The van der Waals surface area contributed by atoms with Crippen LogP contribution in [-0.2, 0) is 13.0 Å². The van der Waals surface area contributed by atoms with Gasteiger partial charge in [0.2, 0.25) is 5.95 Å². The summed E-state index contributed by atoms with van der Waals surface area (Å²) in [6, 6.07) is 0.250. The molecule has 4 rings (SSSR count). The van der Waals surface area contributed by atoms with Crippen molar-refractivity contribution < 1.29 is 0 Å². The number of anilines is 1. The smallest absolute Gasteiger partial charge is 0.225 e. The Balaban J connectivity index is 1.66. The average molecular weight is 363 g/mol. The van der Waals surface area contributed by atoms with Crippen molar-refractivity contribution in [2.45, 2.75) is 51.1 Å². The topological polar surface area (TPSA) is 59.7 Å². The van der Waals surface area contributed by atoms with Gasteiger partial charge in [0.05, 0.1) is 10.5 Å². The van der Waals surface area contributed by atoms with E-state index in [4.69, 9.17) is 0 Å². The fraction of sp³-hybridized carbons (Fsp3) is 0.600. The highest BCUT2D eigenvalue weighted by atomic mass is 79.9. The first kappa shape index (κ1) is 14.1. The van der Waals surface area contributed by atoms with Gasteiger partial charge in [-0.15, -0.1) is 10.2 Å². The van der Waals surface area contributed by atoms with Crippen molar-refractivity contribution in [1.82, 2.24) is 24.7 Å². The van der Waals surface area contributed by atoms with E-state index in [2.05, 4.69) is 45.6 Å². The number of fused-ring (bicyclic) bond motifs is 1. The molecule has 0 radical (unpaired) electrons. The fourth-order valence-electron chi connectivity index (χ4n) is 3.48. The van der Waals surface area contributed by atoms with E-state index in [1.807, 2.05) is 12.4 Å². The van der Waals surface area contributed by atoms with Crippen LogP contribution in [0.2, 0.25) is 0 Å². The molecule has 0 aromatic carbocycles. The van der Waals surface area contributed by atoms with E-state index in [9.17, 15) is 0 Å². The molecule has 22 heavy (non-hydrogen) atoms. The van der Waals surface area contributed by atoms with Gasteiger partial charge in [-0.1, -0.05) is 6.42 Å². The Morgan fingerprint density at radius 2 is 1.86 bits per heavy atom. The van der Waals surface area contributed by atoms with Gasteiger partial charge in [-0.25, -0.2) is 9.97 Å². The summed E-state index contributed by atoms with van der Waals surface area (Å²) in [5.41, 5.74) is 0. The number of halogens is 1. The zero-order valence-electron chi connectivity index (χ0n) is 12.5. The van der Waals surface area contributed by atoms with E-state index in [0.717, 1.165) is 54.4 Å². The van der Waals surface area contributed by atoms with Crippen molar-refractivity contribution in [3.63, 3.8) is 0 Å². The van der Waals surface area contributed by atoms with E-state index in [0.29, 0.717) is 0 Å². The Kier molecular flexibility index (Phi) is 3.82. The van der Waals surface area contributed by atoms with Gasteiger partial charge in [0.1, 0.15) is 5.82 Å². The average Bonchev–Trinajstić information content (AvgIpc) is 3.09. The van der Waals surface area contributed by atoms with Crippen molar-refractivity contribution in [3.8, 4) is 0 Å². The number of aromatic nitrogens is 5. The van der Waals surface area contributed by atoms with Crippen LogP contribution in [0.3, 0.4) is 0 Å². The Morgan fingerprint density at radius 3 is 2.73 bits per heavy atom. The predicted molar refractivity (Wildman–Crippen MR) is 86.6 cm³/mol. The van der Waals surface area contributed by atoms with Crippen molar-refractivity contribution in [2.75, 3.05) is 11.4 Å². The molecule has 6 nitrogen and oxygen atoms in total. The van der Waals surface area contributed by atoms with Gasteiger partial charge in [0, 0.05) is 31.9 Å². The predicted octanol–water partition coefficient (Wildman–Crippen LogP) is 2.90. The van der Waals surface area contributed by atoms with E-state index in [1.165, 1.54) is 19.3 Å². The highest BCUT2D eigenvalue weighted by Crippen LogP contribution is 2.34.